The van der Waals surface area contributed by atoms with Crippen LogP contribution in [0.4, 0.5) is 0 Å². The minimum Gasteiger partial charge on any atom is -0.376 e. The zero-order chi connectivity index (χ0) is 10.6. The van der Waals surface area contributed by atoms with E-state index in [4.69, 9.17) is 5.53 Å². The van der Waals surface area contributed by atoms with Gasteiger partial charge in [-0.1, -0.05) is 30.3 Å². The van der Waals surface area contributed by atoms with Crippen molar-refractivity contribution in [2.45, 2.75) is 13.0 Å². The molecule has 1 N–H and O–H groups in total. The van der Waals surface area contributed by atoms with E-state index in [9.17, 15) is 9.90 Å². The van der Waals surface area contributed by atoms with Crippen molar-refractivity contribution in [3.05, 3.63) is 41.4 Å². The van der Waals surface area contributed by atoms with Gasteiger partial charge >= 0.3 is 5.71 Å². The van der Waals surface area contributed by atoms with Gasteiger partial charge in [0.25, 0.3) is 0 Å². The Bertz CT molecular complexity index is 380. The highest BCUT2D eigenvalue weighted by Gasteiger charge is 2.26. The van der Waals surface area contributed by atoms with Gasteiger partial charge in [-0.05, 0) is 5.56 Å². The summed E-state index contributed by atoms with van der Waals surface area (Å²) >= 11 is 0. The highest BCUT2D eigenvalue weighted by atomic mass is 16.3. The summed E-state index contributed by atoms with van der Waals surface area (Å²) in [6.07, 6.45) is -1.17. The van der Waals surface area contributed by atoms with Gasteiger partial charge in [0.15, 0.2) is 6.10 Å². The molecule has 1 aromatic rings. The first-order chi connectivity index (χ1) is 6.66. The highest BCUT2D eigenvalue weighted by Crippen LogP contribution is 2.13. The second-order valence-corrected chi connectivity index (χ2v) is 2.85. The van der Waals surface area contributed by atoms with Crippen LogP contribution in [-0.4, -0.2) is 21.4 Å². The molecule has 1 aromatic carbocycles. The lowest BCUT2D eigenvalue weighted by Crippen LogP contribution is -2.20. The summed E-state index contributed by atoms with van der Waals surface area (Å²) in [7, 11) is 0. The molecular formula is C10H10N2O2. The first-order valence-electron chi connectivity index (χ1n) is 4.12. The third-order valence-electron chi connectivity index (χ3n) is 1.84. The van der Waals surface area contributed by atoms with Gasteiger partial charge in [-0.15, -0.1) is 0 Å². The van der Waals surface area contributed by atoms with Crippen molar-refractivity contribution in [2.24, 2.45) is 0 Å². The number of aliphatic hydroxyl groups excluding tert-OH is 1. The molecular weight excluding hydrogens is 180 g/mol. The predicted octanol–water partition coefficient (Wildman–Crippen LogP) is 0.980. The Morgan fingerprint density at radius 3 is 2.43 bits per heavy atom. The summed E-state index contributed by atoms with van der Waals surface area (Å²) in [5.74, 6) is -0.455. The lowest BCUT2D eigenvalue weighted by atomic mass is 10.0. The van der Waals surface area contributed by atoms with E-state index in [0.29, 0.717) is 5.56 Å². The highest BCUT2D eigenvalue weighted by molar-refractivity contribution is 6.38. The molecule has 0 aromatic heterocycles. The van der Waals surface area contributed by atoms with Crippen LogP contribution in [0.15, 0.2) is 30.3 Å². The Labute approximate surface area is 81.4 Å². The van der Waals surface area contributed by atoms with E-state index in [-0.39, 0.29) is 5.71 Å². The van der Waals surface area contributed by atoms with E-state index in [1.54, 1.807) is 30.3 Å². The summed E-state index contributed by atoms with van der Waals surface area (Å²) in [5, 5.41) is 9.64. The van der Waals surface area contributed by atoms with E-state index in [0.717, 1.165) is 0 Å². The van der Waals surface area contributed by atoms with E-state index in [2.05, 4.69) is 4.79 Å². The van der Waals surface area contributed by atoms with Gasteiger partial charge in [0.2, 0.25) is 5.78 Å². The summed E-state index contributed by atoms with van der Waals surface area (Å²) in [6.45, 7) is 1.24. The third-order valence-corrected chi connectivity index (χ3v) is 1.84. The van der Waals surface area contributed by atoms with Crippen molar-refractivity contribution in [1.82, 2.24) is 0 Å². The zero-order valence-electron chi connectivity index (χ0n) is 7.71. The fourth-order valence-corrected chi connectivity index (χ4v) is 1.11. The number of rotatable bonds is 3. The van der Waals surface area contributed by atoms with Crippen LogP contribution in [0.25, 0.3) is 5.53 Å². The van der Waals surface area contributed by atoms with Crippen molar-refractivity contribution in [3.8, 4) is 0 Å². The Morgan fingerprint density at radius 1 is 1.43 bits per heavy atom. The van der Waals surface area contributed by atoms with Crippen LogP contribution in [0.5, 0.6) is 0 Å². The lowest BCUT2D eigenvalue weighted by molar-refractivity contribution is -0.117. The minimum atomic E-state index is -1.17. The Hall–Kier alpha value is -1.77. The molecule has 72 valence electrons. The molecule has 0 aliphatic carbocycles. The van der Waals surface area contributed by atoms with Crippen LogP contribution in [0.1, 0.15) is 18.6 Å². The average Bonchev–Trinajstić information content (AvgIpc) is 2.19. The molecule has 1 atom stereocenters. The van der Waals surface area contributed by atoms with Gasteiger partial charge in [0.05, 0.1) is 0 Å². The molecule has 0 radical (unpaired) electrons. The standard InChI is InChI=1S/C10H10N2O2/c1-7(13)9(12-11)10(14)8-5-3-2-4-6-8/h2-6,10,14H,1H3. The molecule has 0 amide bonds. The number of aliphatic hydroxyl groups is 1. The number of ketones is 1. The van der Waals surface area contributed by atoms with Gasteiger partial charge in [0, 0.05) is 6.92 Å². The molecule has 0 fully saturated rings. The molecule has 1 rings (SSSR count). The number of carbonyl (C=O) groups is 1. The maximum atomic E-state index is 10.9. The van der Waals surface area contributed by atoms with Crippen molar-refractivity contribution in [1.29, 1.82) is 0 Å². The first-order valence-corrected chi connectivity index (χ1v) is 4.12. The second kappa shape index (κ2) is 4.46. The summed E-state index contributed by atoms with van der Waals surface area (Å²) in [5.41, 5.74) is 8.81. The molecule has 1 unspecified atom stereocenters. The fourth-order valence-electron chi connectivity index (χ4n) is 1.11. The van der Waals surface area contributed by atoms with Gasteiger partial charge in [0.1, 0.15) is 0 Å². The molecule has 0 saturated heterocycles. The van der Waals surface area contributed by atoms with Crippen LogP contribution < -0.4 is 0 Å². The van der Waals surface area contributed by atoms with E-state index >= 15 is 0 Å². The summed E-state index contributed by atoms with van der Waals surface area (Å²) in [4.78, 5) is 13.7. The van der Waals surface area contributed by atoms with Crippen LogP contribution in [-0.2, 0) is 4.79 Å². The number of nitrogens with zero attached hydrogens (tertiary/aromatic N) is 2. The largest absolute Gasteiger partial charge is 0.376 e. The third kappa shape index (κ3) is 2.13. The van der Waals surface area contributed by atoms with Crippen molar-refractivity contribution in [2.75, 3.05) is 0 Å². The Morgan fingerprint density at radius 2 is 2.00 bits per heavy atom. The zero-order valence-corrected chi connectivity index (χ0v) is 7.71. The topological polar surface area (TPSA) is 73.7 Å². The van der Waals surface area contributed by atoms with Crippen LogP contribution in [0.2, 0.25) is 0 Å². The molecule has 0 aliphatic heterocycles. The quantitative estimate of drug-likeness (QED) is 0.438. The molecule has 0 aliphatic rings. The maximum absolute atomic E-state index is 10.9. The average molecular weight is 190 g/mol. The number of benzene rings is 1. The molecule has 4 heteroatoms. The lowest BCUT2D eigenvalue weighted by Gasteiger charge is -2.03. The minimum absolute atomic E-state index is 0.254. The van der Waals surface area contributed by atoms with E-state index < -0.39 is 11.9 Å². The maximum Gasteiger partial charge on any atom is 0.366 e. The normalized spacial score (nSPS) is 11.6. The van der Waals surface area contributed by atoms with Crippen molar-refractivity contribution < 1.29 is 14.7 Å². The molecule has 14 heavy (non-hydrogen) atoms. The summed E-state index contributed by atoms with van der Waals surface area (Å²) in [6, 6.07) is 8.55. The van der Waals surface area contributed by atoms with E-state index in [1.165, 1.54) is 6.92 Å². The van der Waals surface area contributed by atoms with Crippen LogP contribution in [0.3, 0.4) is 0 Å². The van der Waals surface area contributed by atoms with Gasteiger partial charge in [-0.25, -0.2) is 0 Å². The summed E-state index contributed by atoms with van der Waals surface area (Å²) < 4.78 is 0. The molecule has 0 heterocycles. The Balaban J connectivity index is 3.02. The smallest absolute Gasteiger partial charge is 0.366 e. The number of carbonyl (C=O) groups excluding carboxylic acids is 1. The molecule has 0 bridgehead atoms. The van der Waals surface area contributed by atoms with Crippen molar-refractivity contribution >= 4 is 11.5 Å². The fraction of sp³-hybridized carbons (Fsp3) is 0.200. The molecule has 0 saturated carbocycles. The van der Waals surface area contributed by atoms with Gasteiger partial charge < -0.3 is 10.6 Å². The number of hydrogen-bond donors (Lipinski definition) is 1. The number of Topliss-reactive ketones (excluding diaryl/α,β-unsaturated/α-hetero) is 1. The van der Waals surface area contributed by atoms with Crippen LogP contribution in [0, 0.1) is 0 Å². The molecule has 4 nitrogen and oxygen atoms in total. The first kappa shape index (κ1) is 10.3. The predicted molar refractivity (Wildman–Crippen MR) is 50.7 cm³/mol. The molecule has 0 spiro atoms. The van der Waals surface area contributed by atoms with Crippen molar-refractivity contribution in [3.63, 3.8) is 0 Å². The second-order valence-electron chi connectivity index (χ2n) is 2.85. The Kier molecular flexibility index (Phi) is 3.29. The number of hydrogen-bond acceptors (Lipinski definition) is 2. The van der Waals surface area contributed by atoms with Gasteiger partial charge in [-0.3, -0.25) is 4.79 Å². The van der Waals surface area contributed by atoms with E-state index in [1.807, 2.05) is 0 Å². The monoisotopic (exact) mass is 190 g/mol. The SMILES string of the molecule is CC(=O)C(=[N+]=[N-])C(O)c1ccccc1. The van der Waals surface area contributed by atoms with Gasteiger partial charge in [-0.2, -0.15) is 4.79 Å². The van der Waals surface area contributed by atoms with Crippen LogP contribution >= 0.6 is 0 Å².